The van der Waals surface area contributed by atoms with E-state index in [4.69, 9.17) is 26.8 Å². The highest BCUT2D eigenvalue weighted by Gasteiger charge is 2.29. The first kappa shape index (κ1) is 23.8. The number of anilines is 2. The minimum absolute atomic E-state index is 0.0788. The van der Waals surface area contributed by atoms with Crippen molar-refractivity contribution in [3.8, 4) is 5.75 Å². The van der Waals surface area contributed by atoms with Gasteiger partial charge in [-0.05, 0) is 24.3 Å². The van der Waals surface area contributed by atoms with Crippen molar-refractivity contribution in [2.75, 3.05) is 44.4 Å². The van der Waals surface area contributed by atoms with E-state index >= 15 is 0 Å². The Hall–Kier alpha value is -3.93. The Labute approximate surface area is 211 Å². The number of primary amides is 1. The molecule has 0 spiro atoms. The highest BCUT2D eigenvalue weighted by Crippen LogP contribution is 2.35. The highest BCUT2D eigenvalue weighted by molar-refractivity contribution is 6.34. The van der Waals surface area contributed by atoms with E-state index in [-0.39, 0.29) is 22.4 Å². The molecule has 12 heteroatoms. The maximum Gasteiger partial charge on any atom is 0.284 e. The van der Waals surface area contributed by atoms with Crippen LogP contribution in [0.3, 0.4) is 0 Å². The van der Waals surface area contributed by atoms with Gasteiger partial charge in [0.15, 0.2) is 5.69 Å². The Morgan fingerprint density at radius 2 is 2.00 bits per heavy atom. The van der Waals surface area contributed by atoms with Crippen LogP contribution in [0, 0.1) is 0 Å². The van der Waals surface area contributed by atoms with Gasteiger partial charge in [0.25, 0.3) is 11.8 Å². The van der Waals surface area contributed by atoms with Crippen molar-refractivity contribution in [1.82, 2.24) is 24.8 Å². The number of fused-ring (bicyclic) bond motifs is 1. The number of hydrogen-bond acceptors (Lipinski definition) is 7. The molecule has 3 heterocycles. The second-order valence-corrected chi connectivity index (χ2v) is 8.53. The van der Waals surface area contributed by atoms with Gasteiger partial charge >= 0.3 is 0 Å². The fourth-order valence-corrected chi connectivity index (χ4v) is 4.25. The van der Waals surface area contributed by atoms with Gasteiger partial charge < -0.3 is 25.2 Å². The number of para-hydroxylation sites is 2. The fraction of sp³-hybridized carbons (Fsp3) is 0.250. The number of rotatable bonds is 8. The zero-order valence-corrected chi connectivity index (χ0v) is 20.0. The molecule has 0 bridgehead atoms. The van der Waals surface area contributed by atoms with E-state index in [0.717, 1.165) is 38.4 Å². The molecule has 11 nitrogen and oxygen atoms in total. The lowest BCUT2D eigenvalue weighted by molar-refractivity contribution is 0.0322. The zero-order valence-electron chi connectivity index (χ0n) is 19.2. The van der Waals surface area contributed by atoms with E-state index in [1.807, 2.05) is 24.3 Å². The van der Waals surface area contributed by atoms with Crippen LogP contribution in [0.15, 0.2) is 48.8 Å². The molecule has 2 amide bonds. The number of carbonyl (C=O) groups excluding carboxylic acids is 2. The second kappa shape index (κ2) is 10.4. The number of nitrogens with two attached hydrogens (primary N) is 1. The SMILES string of the molecule is NC(=O)c1nc[nH]c1C(=O)N(c1nc2ccccc2[nH]1)c1ccc(OCCN2CCOCC2)cc1Cl. The molecule has 1 fully saturated rings. The predicted molar refractivity (Wildman–Crippen MR) is 134 cm³/mol. The van der Waals surface area contributed by atoms with Crippen LogP contribution >= 0.6 is 11.6 Å². The van der Waals surface area contributed by atoms with Gasteiger partial charge in [0.1, 0.15) is 18.1 Å². The topological polar surface area (TPSA) is 142 Å². The Morgan fingerprint density at radius 1 is 1.19 bits per heavy atom. The van der Waals surface area contributed by atoms with Crippen LogP contribution in [0.4, 0.5) is 11.6 Å². The van der Waals surface area contributed by atoms with E-state index in [9.17, 15) is 9.59 Å². The lowest BCUT2D eigenvalue weighted by Gasteiger charge is -2.26. The standard InChI is InChI=1S/C24H24ClN7O4/c25-16-13-15(36-12-9-31-7-10-35-11-8-31)5-6-19(16)32(23(34)21-20(22(26)33)27-14-28-21)24-29-17-3-1-2-4-18(17)30-24/h1-6,13-14H,7-12H2,(H2,26,33)(H,27,28)(H,29,30). The molecule has 0 atom stereocenters. The number of hydrogen-bond donors (Lipinski definition) is 3. The van der Waals surface area contributed by atoms with Crippen LogP contribution in [-0.2, 0) is 4.74 Å². The average molecular weight is 510 g/mol. The number of halogens is 1. The van der Waals surface area contributed by atoms with Gasteiger partial charge in [-0.3, -0.25) is 14.5 Å². The third-order valence-electron chi connectivity index (χ3n) is 5.82. The Morgan fingerprint density at radius 3 is 2.75 bits per heavy atom. The van der Waals surface area contributed by atoms with Crippen molar-refractivity contribution in [2.45, 2.75) is 0 Å². The number of amides is 2. The summed E-state index contributed by atoms with van der Waals surface area (Å²) < 4.78 is 11.3. The Kier molecular flexibility index (Phi) is 6.85. The summed E-state index contributed by atoms with van der Waals surface area (Å²) in [5, 5.41) is 0.257. The summed E-state index contributed by atoms with van der Waals surface area (Å²) in [6.45, 7) is 4.44. The van der Waals surface area contributed by atoms with Crippen molar-refractivity contribution in [2.24, 2.45) is 5.73 Å². The molecule has 0 unspecified atom stereocenters. The molecule has 4 N–H and O–H groups in total. The van der Waals surface area contributed by atoms with Crippen molar-refractivity contribution in [1.29, 1.82) is 0 Å². The van der Waals surface area contributed by atoms with E-state index < -0.39 is 11.8 Å². The van der Waals surface area contributed by atoms with Crippen LogP contribution in [0.1, 0.15) is 21.0 Å². The van der Waals surface area contributed by atoms with Gasteiger partial charge in [-0.1, -0.05) is 23.7 Å². The normalized spacial score (nSPS) is 14.1. The number of aromatic amines is 2. The number of ether oxygens (including phenoxy) is 2. The van der Waals surface area contributed by atoms with Crippen molar-refractivity contribution < 1.29 is 19.1 Å². The van der Waals surface area contributed by atoms with Gasteiger partial charge in [0.2, 0.25) is 5.95 Å². The van der Waals surface area contributed by atoms with E-state index in [1.54, 1.807) is 18.2 Å². The number of imidazole rings is 2. The number of nitrogens with one attached hydrogen (secondary N) is 2. The summed E-state index contributed by atoms with van der Waals surface area (Å²) in [5.74, 6) is -0.662. The van der Waals surface area contributed by atoms with Gasteiger partial charge in [-0.25, -0.2) is 14.9 Å². The smallest absolute Gasteiger partial charge is 0.284 e. The third-order valence-corrected chi connectivity index (χ3v) is 6.12. The van der Waals surface area contributed by atoms with Crippen LogP contribution < -0.4 is 15.4 Å². The lowest BCUT2D eigenvalue weighted by Crippen LogP contribution is -2.38. The van der Waals surface area contributed by atoms with E-state index in [1.165, 1.54) is 11.2 Å². The fourth-order valence-electron chi connectivity index (χ4n) is 4.00. The molecule has 186 valence electrons. The summed E-state index contributed by atoms with van der Waals surface area (Å²) in [6.07, 6.45) is 1.23. The van der Waals surface area contributed by atoms with Gasteiger partial charge in [0.05, 0.1) is 41.3 Å². The molecule has 2 aromatic carbocycles. The van der Waals surface area contributed by atoms with Crippen molar-refractivity contribution in [3.05, 3.63) is 65.2 Å². The quantitative estimate of drug-likeness (QED) is 0.331. The maximum atomic E-state index is 13.7. The van der Waals surface area contributed by atoms with Gasteiger partial charge in [-0.15, -0.1) is 0 Å². The molecule has 36 heavy (non-hydrogen) atoms. The van der Waals surface area contributed by atoms with Crippen molar-refractivity contribution in [3.63, 3.8) is 0 Å². The summed E-state index contributed by atoms with van der Waals surface area (Å²) >= 11 is 6.65. The molecule has 0 saturated carbocycles. The first-order valence-electron chi connectivity index (χ1n) is 11.4. The highest BCUT2D eigenvalue weighted by atomic mass is 35.5. The molecule has 0 radical (unpaired) electrons. The molecule has 5 rings (SSSR count). The predicted octanol–water partition coefficient (Wildman–Crippen LogP) is 2.73. The summed E-state index contributed by atoms with van der Waals surface area (Å²) in [4.78, 5) is 43.3. The number of benzene rings is 2. The van der Waals surface area contributed by atoms with Crippen LogP contribution in [0.5, 0.6) is 5.75 Å². The minimum Gasteiger partial charge on any atom is -0.492 e. The van der Waals surface area contributed by atoms with Crippen LogP contribution in [-0.4, -0.2) is 76.1 Å². The molecular formula is C24H24ClN7O4. The maximum absolute atomic E-state index is 13.7. The molecule has 4 aromatic rings. The summed E-state index contributed by atoms with van der Waals surface area (Å²) in [6, 6.07) is 12.4. The Bertz CT molecular complexity index is 1360. The van der Waals surface area contributed by atoms with Gasteiger partial charge in [0, 0.05) is 25.7 Å². The number of H-pyrrole nitrogens is 2. The van der Waals surface area contributed by atoms with E-state index in [0.29, 0.717) is 23.6 Å². The van der Waals surface area contributed by atoms with Crippen LogP contribution in [0.2, 0.25) is 5.02 Å². The number of carbonyl (C=O) groups is 2. The molecular weight excluding hydrogens is 486 g/mol. The van der Waals surface area contributed by atoms with Crippen molar-refractivity contribution >= 4 is 46.1 Å². The molecule has 1 saturated heterocycles. The largest absolute Gasteiger partial charge is 0.492 e. The third kappa shape index (κ3) is 4.89. The molecule has 2 aromatic heterocycles. The first-order valence-corrected chi connectivity index (χ1v) is 11.7. The molecule has 1 aliphatic heterocycles. The molecule has 0 aliphatic carbocycles. The first-order chi connectivity index (χ1) is 17.5. The van der Waals surface area contributed by atoms with Gasteiger partial charge in [-0.2, -0.15) is 0 Å². The van der Waals surface area contributed by atoms with E-state index in [2.05, 4.69) is 24.8 Å². The Balaban J connectivity index is 1.45. The summed E-state index contributed by atoms with van der Waals surface area (Å²) in [5.41, 5.74) is 6.88. The van der Waals surface area contributed by atoms with Crippen LogP contribution in [0.25, 0.3) is 11.0 Å². The minimum atomic E-state index is -0.834. The summed E-state index contributed by atoms with van der Waals surface area (Å²) in [7, 11) is 0. The second-order valence-electron chi connectivity index (χ2n) is 8.12. The number of aromatic nitrogens is 4. The zero-order chi connectivity index (χ0) is 25.1. The monoisotopic (exact) mass is 509 g/mol. The molecule has 1 aliphatic rings. The number of nitrogens with zero attached hydrogens (tertiary/aromatic N) is 4. The number of morpholine rings is 1. The lowest BCUT2D eigenvalue weighted by atomic mass is 10.2. The average Bonchev–Trinajstić information content (AvgIpc) is 3.54.